The summed E-state index contributed by atoms with van der Waals surface area (Å²) < 4.78 is 1.83. The van der Waals surface area contributed by atoms with Gasteiger partial charge < -0.3 is 5.32 Å². The molecule has 0 atom stereocenters. The summed E-state index contributed by atoms with van der Waals surface area (Å²) in [6, 6.07) is 10.9. The SMILES string of the molecule is Cn1ccc(CNCc2ccc(C(C)(C)C)cc2)n1. The second kappa shape index (κ2) is 5.57. The van der Waals surface area contributed by atoms with Crippen LogP contribution in [0.25, 0.3) is 0 Å². The Morgan fingerprint density at radius 2 is 1.74 bits per heavy atom. The lowest BCUT2D eigenvalue weighted by Gasteiger charge is -2.19. The molecule has 0 spiro atoms. The lowest BCUT2D eigenvalue weighted by Crippen LogP contribution is -2.14. The molecule has 3 nitrogen and oxygen atoms in total. The molecule has 0 unspecified atom stereocenters. The van der Waals surface area contributed by atoms with Gasteiger partial charge in [-0.05, 0) is 22.6 Å². The Hall–Kier alpha value is -1.61. The molecule has 1 heterocycles. The van der Waals surface area contributed by atoms with E-state index in [1.807, 2.05) is 24.0 Å². The Morgan fingerprint density at radius 1 is 1.05 bits per heavy atom. The molecule has 0 saturated carbocycles. The van der Waals surface area contributed by atoms with Gasteiger partial charge in [0.15, 0.2) is 0 Å². The molecule has 0 fully saturated rings. The highest BCUT2D eigenvalue weighted by Gasteiger charge is 2.12. The molecule has 0 aliphatic carbocycles. The number of nitrogens with one attached hydrogen (secondary N) is 1. The summed E-state index contributed by atoms with van der Waals surface area (Å²) in [4.78, 5) is 0. The van der Waals surface area contributed by atoms with Crippen LogP contribution < -0.4 is 5.32 Å². The van der Waals surface area contributed by atoms with Crippen LogP contribution in [-0.4, -0.2) is 9.78 Å². The predicted octanol–water partition coefficient (Wildman–Crippen LogP) is 3.01. The molecule has 0 aliphatic rings. The van der Waals surface area contributed by atoms with Crippen LogP contribution in [0.4, 0.5) is 0 Å². The first kappa shape index (κ1) is 13.8. The monoisotopic (exact) mass is 257 g/mol. The Morgan fingerprint density at radius 3 is 2.26 bits per heavy atom. The van der Waals surface area contributed by atoms with Gasteiger partial charge in [0.2, 0.25) is 0 Å². The van der Waals surface area contributed by atoms with E-state index >= 15 is 0 Å². The fourth-order valence-corrected chi connectivity index (χ4v) is 2.01. The van der Waals surface area contributed by atoms with Crippen LogP contribution in [0.2, 0.25) is 0 Å². The molecule has 0 saturated heterocycles. The molecular weight excluding hydrogens is 234 g/mol. The third kappa shape index (κ3) is 3.93. The molecule has 19 heavy (non-hydrogen) atoms. The van der Waals surface area contributed by atoms with E-state index < -0.39 is 0 Å². The van der Waals surface area contributed by atoms with Gasteiger partial charge in [-0.25, -0.2) is 0 Å². The Balaban J connectivity index is 1.86. The van der Waals surface area contributed by atoms with Gasteiger partial charge in [-0.15, -0.1) is 0 Å². The van der Waals surface area contributed by atoms with E-state index in [-0.39, 0.29) is 5.41 Å². The zero-order valence-corrected chi connectivity index (χ0v) is 12.3. The summed E-state index contributed by atoms with van der Waals surface area (Å²) in [5.41, 5.74) is 3.98. The highest BCUT2D eigenvalue weighted by molar-refractivity contribution is 5.27. The summed E-state index contributed by atoms with van der Waals surface area (Å²) in [5, 5.41) is 7.76. The van der Waals surface area contributed by atoms with Gasteiger partial charge in [0.25, 0.3) is 0 Å². The Bertz CT molecular complexity index is 518. The van der Waals surface area contributed by atoms with Crippen molar-refractivity contribution in [2.24, 2.45) is 7.05 Å². The molecule has 0 aliphatic heterocycles. The first-order valence-corrected chi connectivity index (χ1v) is 6.74. The van der Waals surface area contributed by atoms with Gasteiger partial charge in [0.05, 0.1) is 5.69 Å². The molecule has 1 aromatic heterocycles. The van der Waals surface area contributed by atoms with Crippen molar-refractivity contribution in [1.29, 1.82) is 0 Å². The van der Waals surface area contributed by atoms with Crippen LogP contribution in [0.5, 0.6) is 0 Å². The molecule has 1 aromatic carbocycles. The highest BCUT2D eigenvalue weighted by atomic mass is 15.3. The van der Waals surface area contributed by atoms with E-state index in [9.17, 15) is 0 Å². The zero-order chi connectivity index (χ0) is 13.9. The van der Waals surface area contributed by atoms with Gasteiger partial charge in [-0.2, -0.15) is 5.10 Å². The van der Waals surface area contributed by atoms with Crippen molar-refractivity contribution >= 4 is 0 Å². The standard InChI is InChI=1S/C16H23N3/c1-16(2,3)14-7-5-13(6-8-14)11-17-12-15-9-10-19(4)18-15/h5-10,17H,11-12H2,1-4H3. The van der Waals surface area contributed by atoms with Gasteiger partial charge in [-0.3, -0.25) is 4.68 Å². The van der Waals surface area contributed by atoms with Gasteiger partial charge in [-0.1, -0.05) is 45.0 Å². The fourth-order valence-electron chi connectivity index (χ4n) is 2.01. The van der Waals surface area contributed by atoms with E-state index in [2.05, 4.69) is 55.5 Å². The average molecular weight is 257 g/mol. The lowest BCUT2D eigenvalue weighted by molar-refractivity contribution is 0.589. The van der Waals surface area contributed by atoms with E-state index in [0.717, 1.165) is 18.8 Å². The van der Waals surface area contributed by atoms with E-state index in [4.69, 9.17) is 0 Å². The average Bonchev–Trinajstić information content (AvgIpc) is 2.75. The minimum absolute atomic E-state index is 0.222. The van der Waals surface area contributed by atoms with Crippen molar-refractivity contribution in [1.82, 2.24) is 15.1 Å². The minimum atomic E-state index is 0.222. The minimum Gasteiger partial charge on any atom is -0.307 e. The Kier molecular flexibility index (Phi) is 4.05. The van der Waals surface area contributed by atoms with Gasteiger partial charge >= 0.3 is 0 Å². The molecule has 102 valence electrons. The van der Waals surface area contributed by atoms with Crippen molar-refractivity contribution in [3.8, 4) is 0 Å². The van der Waals surface area contributed by atoms with Crippen molar-refractivity contribution in [3.05, 3.63) is 53.3 Å². The first-order valence-electron chi connectivity index (χ1n) is 6.74. The van der Waals surface area contributed by atoms with Crippen LogP contribution in [0.3, 0.4) is 0 Å². The third-order valence-electron chi connectivity index (χ3n) is 3.22. The summed E-state index contributed by atoms with van der Waals surface area (Å²) in [6.07, 6.45) is 1.97. The molecule has 0 bridgehead atoms. The number of hydrogen-bond acceptors (Lipinski definition) is 2. The third-order valence-corrected chi connectivity index (χ3v) is 3.22. The normalized spacial score (nSPS) is 11.8. The maximum atomic E-state index is 4.34. The number of aryl methyl sites for hydroxylation is 1. The quantitative estimate of drug-likeness (QED) is 0.912. The highest BCUT2D eigenvalue weighted by Crippen LogP contribution is 2.22. The van der Waals surface area contributed by atoms with Crippen molar-refractivity contribution in [2.45, 2.75) is 39.3 Å². The second-order valence-corrected chi connectivity index (χ2v) is 6.03. The summed E-state index contributed by atoms with van der Waals surface area (Å²) in [5.74, 6) is 0. The van der Waals surface area contributed by atoms with Crippen LogP contribution in [0, 0.1) is 0 Å². The van der Waals surface area contributed by atoms with E-state index in [1.165, 1.54) is 11.1 Å². The maximum Gasteiger partial charge on any atom is 0.0762 e. The Labute approximate surface area is 115 Å². The molecule has 0 amide bonds. The summed E-state index contributed by atoms with van der Waals surface area (Å²) >= 11 is 0. The molecule has 1 N–H and O–H groups in total. The number of nitrogens with zero attached hydrogens (tertiary/aromatic N) is 2. The smallest absolute Gasteiger partial charge is 0.0762 e. The maximum absolute atomic E-state index is 4.34. The molecule has 2 rings (SSSR count). The van der Waals surface area contributed by atoms with E-state index in [0.29, 0.717) is 0 Å². The lowest BCUT2D eigenvalue weighted by atomic mass is 9.87. The van der Waals surface area contributed by atoms with Gasteiger partial charge in [0.1, 0.15) is 0 Å². The van der Waals surface area contributed by atoms with E-state index in [1.54, 1.807) is 0 Å². The van der Waals surface area contributed by atoms with Crippen molar-refractivity contribution < 1.29 is 0 Å². The largest absolute Gasteiger partial charge is 0.307 e. The number of aromatic nitrogens is 2. The topological polar surface area (TPSA) is 29.9 Å². The van der Waals surface area contributed by atoms with Gasteiger partial charge in [0, 0.05) is 26.3 Å². The first-order chi connectivity index (χ1) is 8.95. The van der Waals surface area contributed by atoms with Crippen LogP contribution in [-0.2, 0) is 25.6 Å². The molecular formula is C16H23N3. The van der Waals surface area contributed by atoms with Crippen LogP contribution in [0.1, 0.15) is 37.6 Å². The number of benzene rings is 1. The number of rotatable bonds is 4. The van der Waals surface area contributed by atoms with Crippen molar-refractivity contribution in [3.63, 3.8) is 0 Å². The summed E-state index contributed by atoms with van der Waals surface area (Å²) in [7, 11) is 1.94. The molecule has 0 radical (unpaired) electrons. The zero-order valence-electron chi connectivity index (χ0n) is 12.3. The fraction of sp³-hybridized carbons (Fsp3) is 0.438. The van der Waals surface area contributed by atoms with Crippen LogP contribution in [0.15, 0.2) is 36.5 Å². The molecule has 3 heteroatoms. The van der Waals surface area contributed by atoms with Crippen LogP contribution >= 0.6 is 0 Å². The van der Waals surface area contributed by atoms with Crippen molar-refractivity contribution in [2.75, 3.05) is 0 Å². The second-order valence-electron chi connectivity index (χ2n) is 6.03. The summed E-state index contributed by atoms with van der Waals surface area (Å²) in [6.45, 7) is 8.40. The molecule has 2 aromatic rings. The number of hydrogen-bond donors (Lipinski definition) is 1. The predicted molar refractivity (Wildman–Crippen MR) is 78.9 cm³/mol.